The summed E-state index contributed by atoms with van der Waals surface area (Å²) in [5.74, 6) is -0.174. The van der Waals surface area contributed by atoms with Gasteiger partial charge in [0, 0.05) is 19.8 Å². The molecule has 4 heteroatoms. The third-order valence-electron chi connectivity index (χ3n) is 3.36. The maximum Gasteiger partial charge on any atom is 0.253 e. The van der Waals surface area contributed by atoms with Gasteiger partial charge in [0.15, 0.2) is 6.10 Å². The first-order valence-electron chi connectivity index (χ1n) is 6.89. The van der Waals surface area contributed by atoms with E-state index < -0.39 is 6.10 Å². The van der Waals surface area contributed by atoms with Crippen molar-refractivity contribution >= 4 is 5.91 Å². The van der Waals surface area contributed by atoms with Gasteiger partial charge in [-0.05, 0) is 17.4 Å². The molecule has 0 spiro atoms. The SMILES string of the molecule is COC(C(=O)NC(CCO)C(C)(C)C)c1ccccc1. The Hall–Kier alpha value is -1.39. The Morgan fingerprint density at radius 3 is 2.35 bits per heavy atom. The number of hydrogen-bond acceptors (Lipinski definition) is 3. The number of rotatable bonds is 6. The molecule has 4 nitrogen and oxygen atoms in total. The fraction of sp³-hybridized carbons (Fsp3) is 0.562. The zero-order valence-corrected chi connectivity index (χ0v) is 12.7. The molecule has 1 amide bonds. The second-order valence-electron chi connectivity index (χ2n) is 5.97. The Morgan fingerprint density at radius 2 is 1.90 bits per heavy atom. The van der Waals surface area contributed by atoms with E-state index >= 15 is 0 Å². The van der Waals surface area contributed by atoms with Crippen LogP contribution in [0, 0.1) is 5.41 Å². The van der Waals surface area contributed by atoms with Gasteiger partial charge < -0.3 is 15.2 Å². The van der Waals surface area contributed by atoms with Crippen molar-refractivity contribution in [2.75, 3.05) is 13.7 Å². The van der Waals surface area contributed by atoms with Gasteiger partial charge in [0.25, 0.3) is 5.91 Å². The summed E-state index contributed by atoms with van der Waals surface area (Å²) in [6.45, 7) is 6.17. The van der Waals surface area contributed by atoms with Gasteiger partial charge in [-0.2, -0.15) is 0 Å². The van der Waals surface area contributed by atoms with E-state index in [1.807, 2.05) is 51.1 Å². The van der Waals surface area contributed by atoms with E-state index in [0.717, 1.165) is 5.56 Å². The Kier molecular flexibility index (Phi) is 6.17. The average molecular weight is 279 g/mol. The molecule has 0 aromatic heterocycles. The second-order valence-corrected chi connectivity index (χ2v) is 5.97. The van der Waals surface area contributed by atoms with Crippen LogP contribution in [0.2, 0.25) is 0 Å². The molecule has 0 radical (unpaired) electrons. The lowest BCUT2D eigenvalue weighted by atomic mass is 9.84. The molecule has 0 saturated heterocycles. The number of hydrogen-bond donors (Lipinski definition) is 2. The molecule has 1 aromatic rings. The van der Waals surface area contributed by atoms with Gasteiger partial charge in [0.05, 0.1) is 0 Å². The van der Waals surface area contributed by atoms with Gasteiger partial charge >= 0.3 is 0 Å². The van der Waals surface area contributed by atoms with Gasteiger partial charge in [-0.25, -0.2) is 0 Å². The highest BCUT2D eigenvalue weighted by molar-refractivity contribution is 5.82. The molecule has 0 aliphatic carbocycles. The minimum Gasteiger partial charge on any atom is -0.396 e. The lowest BCUT2D eigenvalue weighted by Crippen LogP contribution is -2.46. The quantitative estimate of drug-likeness (QED) is 0.840. The van der Waals surface area contributed by atoms with Crippen LogP contribution in [0.4, 0.5) is 0 Å². The predicted octanol–water partition coefficient (Wildman–Crippen LogP) is 2.29. The van der Waals surface area contributed by atoms with Crippen molar-refractivity contribution in [1.29, 1.82) is 0 Å². The highest BCUT2D eigenvalue weighted by Crippen LogP contribution is 2.23. The van der Waals surface area contributed by atoms with Gasteiger partial charge in [-0.1, -0.05) is 51.1 Å². The van der Waals surface area contributed by atoms with Crippen molar-refractivity contribution in [3.63, 3.8) is 0 Å². The third kappa shape index (κ3) is 4.62. The van der Waals surface area contributed by atoms with Crippen molar-refractivity contribution < 1.29 is 14.6 Å². The van der Waals surface area contributed by atoms with Crippen molar-refractivity contribution in [1.82, 2.24) is 5.32 Å². The van der Waals surface area contributed by atoms with E-state index in [4.69, 9.17) is 9.84 Å². The first-order chi connectivity index (χ1) is 9.40. The Morgan fingerprint density at radius 1 is 1.30 bits per heavy atom. The molecule has 0 aliphatic rings. The van der Waals surface area contributed by atoms with Crippen molar-refractivity contribution in [2.24, 2.45) is 5.41 Å². The number of aliphatic hydroxyl groups is 1. The molecule has 0 aliphatic heterocycles. The largest absolute Gasteiger partial charge is 0.396 e. The van der Waals surface area contributed by atoms with Crippen molar-refractivity contribution in [3.8, 4) is 0 Å². The molecule has 0 heterocycles. The van der Waals surface area contributed by atoms with Crippen LogP contribution in [-0.2, 0) is 9.53 Å². The fourth-order valence-electron chi connectivity index (χ4n) is 2.12. The van der Waals surface area contributed by atoms with Crippen LogP contribution < -0.4 is 5.32 Å². The van der Waals surface area contributed by atoms with Crippen LogP contribution in [-0.4, -0.2) is 30.8 Å². The zero-order valence-electron chi connectivity index (χ0n) is 12.7. The van der Waals surface area contributed by atoms with E-state index in [9.17, 15) is 4.79 Å². The van der Waals surface area contributed by atoms with Gasteiger partial charge in [0.2, 0.25) is 0 Å². The van der Waals surface area contributed by atoms with Crippen LogP contribution in [0.5, 0.6) is 0 Å². The van der Waals surface area contributed by atoms with Crippen molar-refractivity contribution in [3.05, 3.63) is 35.9 Å². The number of carbonyl (C=O) groups excluding carboxylic acids is 1. The van der Waals surface area contributed by atoms with E-state index in [1.54, 1.807) is 0 Å². The molecule has 2 unspecified atom stereocenters. The predicted molar refractivity (Wildman–Crippen MR) is 79.3 cm³/mol. The number of benzene rings is 1. The number of methoxy groups -OCH3 is 1. The van der Waals surface area contributed by atoms with Crippen LogP contribution >= 0.6 is 0 Å². The monoisotopic (exact) mass is 279 g/mol. The van der Waals surface area contributed by atoms with Crippen LogP contribution in [0.25, 0.3) is 0 Å². The molecule has 2 atom stereocenters. The maximum atomic E-state index is 12.4. The molecule has 1 rings (SSSR count). The summed E-state index contributed by atoms with van der Waals surface area (Å²) < 4.78 is 5.32. The summed E-state index contributed by atoms with van der Waals surface area (Å²) in [4.78, 5) is 12.4. The number of ether oxygens (including phenoxy) is 1. The fourth-order valence-corrected chi connectivity index (χ4v) is 2.12. The topological polar surface area (TPSA) is 58.6 Å². The summed E-state index contributed by atoms with van der Waals surface area (Å²) >= 11 is 0. The summed E-state index contributed by atoms with van der Waals surface area (Å²) in [5.41, 5.74) is 0.706. The van der Waals surface area contributed by atoms with Gasteiger partial charge in [-0.15, -0.1) is 0 Å². The Bertz CT molecular complexity index is 411. The summed E-state index contributed by atoms with van der Waals surface area (Å²) in [6, 6.07) is 9.30. The van der Waals surface area contributed by atoms with Gasteiger partial charge in [0.1, 0.15) is 0 Å². The molecule has 20 heavy (non-hydrogen) atoms. The summed E-state index contributed by atoms with van der Waals surface area (Å²) in [5, 5.41) is 12.1. The lowest BCUT2D eigenvalue weighted by Gasteiger charge is -2.32. The van der Waals surface area contributed by atoms with Gasteiger partial charge in [-0.3, -0.25) is 4.79 Å². The minimum atomic E-state index is -0.625. The molecule has 112 valence electrons. The normalized spacial score (nSPS) is 14.7. The molecular formula is C16H25NO3. The minimum absolute atomic E-state index is 0.0468. The molecule has 0 bridgehead atoms. The number of amides is 1. The number of carbonyl (C=O) groups is 1. The van der Waals surface area contributed by atoms with Crippen LogP contribution in [0.15, 0.2) is 30.3 Å². The molecule has 0 fully saturated rings. The van der Waals surface area contributed by atoms with E-state index in [2.05, 4.69) is 5.32 Å². The van der Waals surface area contributed by atoms with Crippen LogP contribution in [0.1, 0.15) is 38.9 Å². The van der Waals surface area contributed by atoms with E-state index in [-0.39, 0.29) is 24.0 Å². The molecule has 1 aromatic carbocycles. The van der Waals surface area contributed by atoms with E-state index in [0.29, 0.717) is 6.42 Å². The first-order valence-corrected chi connectivity index (χ1v) is 6.89. The maximum absolute atomic E-state index is 12.4. The standard InChI is InChI=1S/C16H25NO3/c1-16(2,3)13(10-11-18)17-15(19)14(20-4)12-8-6-5-7-9-12/h5-9,13-14,18H,10-11H2,1-4H3,(H,17,19). The molecule has 0 saturated carbocycles. The highest BCUT2D eigenvalue weighted by Gasteiger charge is 2.29. The first kappa shape index (κ1) is 16.7. The zero-order chi connectivity index (χ0) is 15.2. The highest BCUT2D eigenvalue weighted by atomic mass is 16.5. The number of aliphatic hydroxyl groups excluding tert-OH is 1. The van der Waals surface area contributed by atoms with Crippen LogP contribution in [0.3, 0.4) is 0 Å². The summed E-state index contributed by atoms with van der Waals surface area (Å²) in [7, 11) is 1.52. The number of nitrogens with one attached hydrogen (secondary N) is 1. The smallest absolute Gasteiger partial charge is 0.253 e. The third-order valence-corrected chi connectivity index (χ3v) is 3.36. The molecular weight excluding hydrogens is 254 g/mol. The average Bonchev–Trinajstić information content (AvgIpc) is 2.39. The van der Waals surface area contributed by atoms with E-state index in [1.165, 1.54) is 7.11 Å². The Labute approximate surface area is 121 Å². The summed E-state index contributed by atoms with van der Waals surface area (Å²) in [6.07, 6.45) is -0.0970. The second kappa shape index (κ2) is 7.41. The van der Waals surface area contributed by atoms with Crippen molar-refractivity contribution in [2.45, 2.75) is 39.3 Å². The lowest BCUT2D eigenvalue weighted by molar-refractivity contribution is -0.133. The Balaban J connectivity index is 2.81. The molecule has 2 N–H and O–H groups in total.